The summed E-state index contributed by atoms with van der Waals surface area (Å²) in [5.41, 5.74) is 5.53. The summed E-state index contributed by atoms with van der Waals surface area (Å²) in [4.78, 5) is 11.5. The van der Waals surface area contributed by atoms with Crippen LogP contribution in [-0.2, 0) is 0 Å². The minimum absolute atomic E-state index is 0.122. The second-order valence-electron chi connectivity index (χ2n) is 3.47. The lowest BCUT2D eigenvalue weighted by atomic mass is 10.3. The molecule has 2 rings (SSSR count). The van der Waals surface area contributed by atoms with Crippen LogP contribution < -0.4 is 11.1 Å². The van der Waals surface area contributed by atoms with Crippen molar-refractivity contribution in [3.05, 3.63) is 5.28 Å². The standard InChI is InChI=1S/C7H10ClN5/c1-7(2-3-7)13-6-11-4(8)10-5(9)12-6/h2-3H2,1H3,(H3,9,10,11,12,13). The highest BCUT2D eigenvalue weighted by Crippen LogP contribution is 2.37. The van der Waals surface area contributed by atoms with E-state index in [1.807, 2.05) is 0 Å². The van der Waals surface area contributed by atoms with E-state index in [1.54, 1.807) is 0 Å². The van der Waals surface area contributed by atoms with Crippen LogP contribution >= 0.6 is 11.6 Å². The summed E-state index contributed by atoms with van der Waals surface area (Å²) in [6, 6.07) is 0. The van der Waals surface area contributed by atoms with Crippen molar-refractivity contribution in [2.45, 2.75) is 25.3 Å². The zero-order chi connectivity index (χ0) is 9.47. The van der Waals surface area contributed by atoms with Crippen LogP contribution in [0.4, 0.5) is 11.9 Å². The number of nitrogen functional groups attached to an aromatic ring is 1. The molecule has 70 valence electrons. The molecule has 0 saturated heterocycles. The fourth-order valence-corrected chi connectivity index (χ4v) is 1.17. The van der Waals surface area contributed by atoms with E-state index in [0.29, 0.717) is 5.95 Å². The quantitative estimate of drug-likeness (QED) is 0.745. The monoisotopic (exact) mass is 199 g/mol. The molecule has 13 heavy (non-hydrogen) atoms. The van der Waals surface area contributed by atoms with E-state index in [9.17, 15) is 0 Å². The third-order valence-electron chi connectivity index (χ3n) is 2.04. The lowest BCUT2D eigenvalue weighted by Gasteiger charge is -2.10. The first kappa shape index (κ1) is 8.50. The lowest BCUT2D eigenvalue weighted by molar-refractivity contribution is 0.807. The average Bonchev–Trinajstić information content (AvgIpc) is 2.64. The van der Waals surface area contributed by atoms with Crippen molar-refractivity contribution in [3.63, 3.8) is 0 Å². The Hall–Kier alpha value is -1.10. The van der Waals surface area contributed by atoms with Crippen molar-refractivity contribution < 1.29 is 0 Å². The third kappa shape index (κ3) is 1.98. The molecule has 1 aliphatic carbocycles. The second kappa shape index (κ2) is 2.70. The maximum absolute atomic E-state index is 5.62. The molecule has 3 N–H and O–H groups in total. The fourth-order valence-electron chi connectivity index (χ4n) is 1.00. The van der Waals surface area contributed by atoms with Gasteiger partial charge in [0.05, 0.1) is 0 Å². The molecular weight excluding hydrogens is 190 g/mol. The normalized spacial score (nSPS) is 18.3. The van der Waals surface area contributed by atoms with Gasteiger partial charge in [-0.2, -0.15) is 15.0 Å². The van der Waals surface area contributed by atoms with Gasteiger partial charge in [0.2, 0.25) is 17.2 Å². The van der Waals surface area contributed by atoms with Crippen LogP contribution in [-0.4, -0.2) is 20.5 Å². The Bertz CT molecular complexity index is 315. The molecule has 1 heterocycles. The van der Waals surface area contributed by atoms with E-state index in [-0.39, 0.29) is 16.8 Å². The van der Waals surface area contributed by atoms with E-state index < -0.39 is 0 Å². The van der Waals surface area contributed by atoms with Gasteiger partial charge < -0.3 is 11.1 Å². The second-order valence-corrected chi connectivity index (χ2v) is 3.81. The van der Waals surface area contributed by atoms with Gasteiger partial charge in [-0.15, -0.1) is 0 Å². The molecular formula is C7H10ClN5. The minimum Gasteiger partial charge on any atom is -0.368 e. The van der Waals surface area contributed by atoms with Crippen LogP contribution in [0.15, 0.2) is 0 Å². The Labute approximate surface area is 80.7 Å². The Balaban J connectivity index is 2.20. The highest BCUT2D eigenvalue weighted by Gasteiger charge is 2.37. The summed E-state index contributed by atoms with van der Waals surface area (Å²) in [7, 11) is 0. The van der Waals surface area contributed by atoms with Crippen molar-refractivity contribution in [3.8, 4) is 0 Å². The number of hydrogen-bond donors (Lipinski definition) is 2. The van der Waals surface area contributed by atoms with Gasteiger partial charge in [0.15, 0.2) is 0 Å². The molecule has 1 saturated carbocycles. The number of nitrogens with zero attached hydrogens (tertiary/aromatic N) is 3. The number of rotatable bonds is 2. The summed E-state index contributed by atoms with van der Waals surface area (Å²) in [5.74, 6) is 0.601. The van der Waals surface area contributed by atoms with Crippen LogP contribution in [0.25, 0.3) is 0 Å². The van der Waals surface area contributed by atoms with E-state index in [1.165, 1.54) is 0 Å². The highest BCUT2D eigenvalue weighted by atomic mass is 35.5. The van der Waals surface area contributed by atoms with Gasteiger partial charge >= 0.3 is 0 Å². The van der Waals surface area contributed by atoms with Gasteiger partial charge in [0.1, 0.15) is 0 Å². The molecule has 0 aromatic carbocycles. The number of hydrogen-bond acceptors (Lipinski definition) is 5. The minimum atomic E-state index is 0.122. The van der Waals surface area contributed by atoms with Crippen LogP contribution in [0, 0.1) is 0 Å². The molecule has 0 amide bonds. The van der Waals surface area contributed by atoms with Crippen LogP contribution in [0.5, 0.6) is 0 Å². The average molecular weight is 200 g/mol. The van der Waals surface area contributed by atoms with E-state index in [0.717, 1.165) is 12.8 Å². The zero-order valence-electron chi connectivity index (χ0n) is 7.21. The predicted molar refractivity (Wildman–Crippen MR) is 50.5 cm³/mol. The van der Waals surface area contributed by atoms with Crippen LogP contribution in [0.2, 0.25) is 5.28 Å². The van der Waals surface area contributed by atoms with Gasteiger partial charge in [-0.1, -0.05) is 0 Å². The van der Waals surface area contributed by atoms with Gasteiger partial charge in [-0.3, -0.25) is 0 Å². The molecule has 0 unspecified atom stereocenters. The number of halogens is 1. The molecule has 1 aromatic heterocycles. The molecule has 0 bridgehead atoms. The first-order chi connectivity index (χ1) is 6.07. The molecule has 6 heteroatoms. The first-order valence-electron chi connectivity index (χ1n) is 4.03. The Morgan fingerprint density at radius 3 is 2.62 bits per heavy atom. The molecule has 5 nitrogen and oxygen atoms in total. The topological polar surface area (TPSA) is 76.7 Å². The third-order valence-corrected chi connectivity index (χ3v) is 2.21. The Morgan fingerprint density at radius 2 is 2.08 bits per heavy atom. The van der Waals surface area contributed by atoms with Crippen molar-refractivity contribution in [1.82, 2.24) is 15.0 Å². The summed E-state index contributed by atoms with van der Waals surface area (Å²) >= 11 is 5.62. The molecule has 0 aliphatic heterocycles. The summed E-state index contributed by atoms with van der Waals surface area (Å²) in [6.45, 7) is 2.10. The van der Waals surface area contributed by atoms with Crippen LogP contribution in [0.1, 0.15) is 19.8 Å². The maximum Gasteiger partial charge on any atom is 0.229 e. The summed E-state index contributed by atoms with van der Waals surface area (Å²) in [5, 5.41) is 3.27. The van der Waals surface area contributed by atoms with Crippen molar-refractivity contribution in [1.29, 1.82) is 0 Å². The smallest absolute Gasteiger partial charge is 0.229 e. The molecule has 1 fully saturated rings. The number of nitrogens with two attached hydrogens (primary N) is 1. The Morgan fingerprint density at radius 1 is 1.38 bits per heavy atom. The highest BCUT2D eigenvalue weighted by molar-refractivity contribution is 6.28. The number of nitrogens with one attached hydrogen (secondary N) is 1. The van der Waals surface area contributed by atoms with E-state index in [2.05, 4.69) is 27.2 Å². The molecule has 1 aliphatic rings. The largest absolute Gasteiger partial charge is 0.368 e. The Kier molecular flexibility index (Phi) is 1.76. The van der Waals surface area contributed by atoms with E-state index in [4.69, 9.17) is 17.3 Å². The lowest BCUT2D eigenvalue weighted by Crippen LogP contribution is -2.18. The summed E-state index contributed by atoms with van der Waals surface area (Å²) in [6.07, 6.45) is 2.24. The van der Waals surface area contributed by atoms with Crippen molar-refractivity contribution in [2.75, 3.05) is 11.1 Å². The van der Waals surface area contributed by atoms with Gasteiger partial charge in [-0.05, 0) is 31.4 Å². The SMILES string of the molecule is CC1(Nc2nc(N)nc(Cl)n2)CC1. The molecule has 0 radical (unpaired) electrons. The first-order valence-corrected chi connectivity index (χ1v) is 4.40. The number of anilines is 2. The maximum atomic E-state index is 5.62. The fraction of sp³-hybridized carbons (Fsp3) is 0.571. The van der Waals surface area contributed by atoms with Crippen LogP contribution in [0.3, 0.4) is 0 Å². The number of aromatic nitrogens is 3. The molecule has 0 atom stereocenters. The molecule has 0 spiro atoms. The van der Waals surface area contributed by atoms with Gasteiger partial charge in [-0.25, -0.2) is 0 Å². The molecule has 1 aromatic rings. The van der Waals surface area contributed by atoms with Crippen molar-refractivity contribution in [2.24, 2.45) is 0 Å². The predicted octanol–water partition coefficient (Wildman–Crippen LogP) is 1.07. The zero-order valence-corrected chi connectivity index (χ0v) is 7.97. The van der Waals surface area contributed by atoms with E-state index >= 15 is 0 Å². The van der Waals surface area contributed by atoms with Gasteiger partial charge in [0.25, 0.3) is 0 Å². The van der Waals surface area contributed by atoms with Crippen molar-refractivity contribution >= 4 is 23.5 Å². The summed E-state index contributed by atoms with van der Waals surface area (Å²) < 4.78 is 0. The van der Waals surface area contributed by atoms with Gasteiger partial charge in [0, 0.05) is 5.54 Å².